The second-order valence-electron chi connectivity index (χ2n) is 8.24. The lowest BCUT2D eigenvalue weighted by Gasteiger charge is -2.31. The molecule has 0 fully saturated rings. The molecule has 0 bridgehead atoms. The summed E-state index contributed by atoms with van der Waals surface area (Å²) in [5.74, 6) is 0. The molecule has 0 heterocycles. The van der Waals surface area contributed by atoms with Gasteiger partial charge in [0.2, 0.25) is 0 Å². The van der Waals surface area contributed by atoms with Crippen molar-refractivity contribution in [2.24, 2.45) is 0 Å². The molecule has 0 saturated heterocycles. The van der Waals surface area contributed by atoms with Crippen molar-refractivity contribution in [2.45, 2.75) is 5.41 Å². The average molecular weight is 445 g/mol. The molecule has 0 aliphatic heterocycles. The van der Waals surface area contributed by atoms with E-state index in [1.165, 1.54) is 55.3 Å². The van der Waals surface area contributed by atoms with Gasteiger partial charge in [0, 0.05) is 4.47 Å². The second-order valence-corrected chi connectivity index (χ2v) is 9.16. The summed E-state index contributed by atoms with van der Waals surface area (Å²) in [5, 5.41) is 2.64. The Balaban J connectivity index is 1.78. The highest BCUT2D eigenvalue weighted by atomic mass is 79.9. The Labute approximate surface area is 184 Å². The van der Waals surface area contributed by atoms with Gasteiger partial charge in [-0.05, 0) is 67.4 Å². The van der Waals surface area contributed by atoms with E-state index in [2.05, 4.69) is 119 Å². The molecule has 2 aliphatic carbocycles. The number of benzene rings is 5. The van der Waals surface area contributed by atoms with E-state index in [-0.39, 0.29) is 5.41 Å². The minimum Gasteiger partial charge on any atom is -0.0619 e. The first kappa shape index (κ1) is 16.6. The molecule has 0 N–H and O–H groups in total. The van der Waals surface area contributed by atoms with Crippen LogP contribution in [0.1, 0.15) is 22.3 Å². The van der Waals surface area contributed by atoms with Gasteiger partial charge in [-0.2, -0.15) is 0 Å². The van der Waals surface area contributed by atoms with Crippen LogP contribution in [0.5, 0.6) is 0 Å². The van der Waals surface area contributed by atoms with Crippen molar-refractivity contribution in [2.75, 3.05) is 0 Å². The molecule has 1 heteroatoms. The van der Waals surface area contributed by atoms with Crippen molar-refractivity contribution in [3.05, 3.63) is 130 Å². The first-order chi connectivity index (χ1) is 14.8. The average Bonchev–Trinajstić information content (AvgIpc) is 3.26. The van der Waals surface area contributed by atoms with Gasteiger partial charge in [-0.15, -0.1) is 0 Å². The van der Waals surface area contributed by atoms with Gasteiger partial charge in [0.15, 0.2) is 0 Å². The highest BCUT2D eigenvalue weighted by Gasteiger charge is 2.52. The molecule has 0 amide bonds. The molecule has 7 rings (SSSR count). The number of hydrogen-bond donors (Lipinski definition) is 0. The van der Waals surface area contributed by atoms with Crippen molar-refractivity contribution in [3.63, 3.8) is 0 Å². The van der Waals surface area contributed by atoms with Crippen LogP contribution >= 0.6 is 15.9 Å². The fourth-order valence-corrected chi connectivity index (χ4v) is 6.25. The molecule has 5 aromatic carbocycles. The number of halogens is 1. The molecule has 0 aromatic heterocycles. The Morgan fingerprint density at radius 1 is 0.500 bits per heavy atom. The zero-order valence-corrected chi connectivity index (χ0v) is 17.8. The lowest BCUT2D eigenvalue weighted by molar-refractivity contribution is 0.800. The Bertz CT molecular complexity index is 1500. The topological polar surface area (TPSA) is 0 Å². The van der Waals surface area contributed by atoms with Gasteiger partial charge in [0.1, 0.15) is 0 Å². The number of rotatable bonds is 0. The van der Waals surface area contributed by atoms with Gasteiger partial charge in [-0.25, -0.2) is 0 Å². The molecule has 1 spiro atoms. The van der Waals surface area contributed by atoms with Crippen molar-refractivity contribution in [3.8, 4) is 22.3 Å². The molecule has 2 aliphatic rings. The van der Waals surface area contributed by atoms with Crippen molar-refractivity contribution < 1.29 is 0 Å². The first-order valence-electron chi connectivity index (χ1n) is 10.3. The van der Waals surface area contributed by atoms with Crippen LogP contribution in [-0.4, -0.2) is 0 Å². The van der Waals surface area contributed by atoms with E-state index in [0.717, 1.165) is 4.47 Å². The maximum Gasteiger partial charge on any atom is 0.0731 e. The van der Waals surface area contributed by atoms with Crippen LogP contribution in [-0.2, 0) is 5.41 Å². The van der Waals surface area contributed by atoms with E-state index < -0.39 is 0 Å². The van der Waals surface area contributed by atoms with Crippen LogP contribution in [0.4, 0.5) is 0 Å². The zero-order chi connectivity index (χ0) is 19.9. The number of fused-ring (bicyclic) bond motifs is 12. The van der Waals surface area contributed by atoms with Gasteiger partial charge >= 0.3 is 0 Å². The van der Waals surface area contributed by atoms with Gasteiger partial charge in [-0.1, -0.05) is 107 Å². The second kappa shape index (κ2) is 5.71. The largest absolute Gasteiger partial charge is 0.0731 e. The van der Waals surface area contributed by atoms with Gasteiger partial charge in [0.25, 0.3) is 0 Å². The Morgan fingerprint density at radius 3 is 1.90 bits per heavy atom. The van der Waals surface area contributed by atoms with Crippen LogP contribution in [0.2, 0.25) is 0 Å². The van der Waals surface area contributed by atoms with Crippen LogP contribution < -0.4 is 0 Å². The van der Waals surface area contributed by atoms with E-state index in [4.69, 9.17) is 0 Å². The summed E-state index contributed by atoms with van der Waals surface area (Å²) < 4.78 is 1.12. The summed E-state index contributed by atoms with van der Waals surface area (Å²) in [7, 11) is 0. The number of hydrogen-bond acceptors (Lipinski definition) is 0. The summed E-state index contributed by atoms with van der Waals surface area (Å²) in [6.07, 6.45) is 0. The first-order valence-corrected chi connectivity index (χ1v) is 11.1. The van der Waals surface area contributed by atoms with Gasteiger partial charge in [-0.3, -0.25) is 0 Å². The zero-order valence-electron chi connectivity index (χ0n) is 16.2. The maximum atomic E-state index is 3.77. The van der Waals surface area contributed by atoms with Crippen LogP contribution in [0, 0.1) is 0 Å². The molecule has 1 atom stereocenters. The fraction of sp³-hybridized carbons (Fsp3) is 0.0345. The summed E-state index contributed by atoms with van der Waals surface area (Å²) in [6.45, 7) is 0. The normalized spacial score (nSPS) is 17.6. The SMILES string of the molecule is Brc1ccc2c(c1)C1(c3ccccc3-2)c2ccccc2-c2ccc3ccccc3c21. The van der Waals surface area contributed by atoms with E-state index in [0.29, 0.717) is 0 Å². The third-order valence-electron chi connectivity index (χ3n) is 6.93. The van der Waals surface area contributed by atoms with Gasteiger partial charge in [0.05, 0.1) is 5.41 Å². The summed E-state index contributed by atoms with van der Waals surface area (Å²) in [6, 6.07) is 38.1. The maximum absolute atomic E-state index is 3.77. The predicted molar refractivity (Wildman–Crippen MR) is 128 cm³/mol. The van der Waals surface area contributed by atoms with Crippen molar-refractivity contribution >= 4 is 26.7 Å². The fourth-order valence-electron chi connectivity index (χ4n) is 5.89. The quantitative estimate of drug-likeness (QED) is 0.222. The minimum absolute atomic E-state index is 0.289. The molecular weight excluding hydrogens is 428 g/mol. The Hall–Kier alpha value is -3.16. The summed E-state index contributed by atoms with van der Waals surface area (Å²) >= 11 is 3.77. The van der Waals surface area contributed by atoms with Crippen molar-refractivity contribution in [1.82, 2.24) is 0 Å². The molecule has 0 saturated carbocycles. The minimum atomic E-state index is -0.289. The lowest BCUT2D eigenvalue weighted by Crippen LogP contribution is -2.26. The summed E-state index contributed by atoms with van der Waals surface area (Å²) in [5.41, 5.74) is 10.7. The molecule has 1 unspecified atom stereocenters. The third-order valence-corrected chi connectivity index (χ3v) is 7.43. The molecule has 0 nitrogen and oxygen atoms in total. The summed E-state index contributed by atoms with van der Waals surface area (Å²) in [4.78, 5) is 0. The highest BCUT2D eigenvalue weighted by Crippen LogP contribution is 2.64. The highest BCUT2D eigenvalue weighted by molar-refractivity contribution is 9.10. The van der Waals surface area contributed by atoms with E-state index in [1.54, 1.807) is 0 Å². The Morgan fingerprint density at radius 2 is 1.10 bits per heavy atom. The van der Waals surface area contributed by atoms with Crippen molar-refractivity contribution in [1.29, 1.82) is 0 Å². The van der Waals surface area contributed by atoms with Crippen LogP contribution in [0.3, 0.4) is 0 Å². The van der Waals surface area contributed by atoms with E-state index in [9.17, 15) is 0 Å². The molecular formula is C29H17Br. The molecule has 30 heavy (non-hydrogen) atoms. The lowest BCUT2D eigenvalue weighted by atomic mass is 9.69. The van der Waals surface area contributed by atoms with Gasteiger partial charge < -0.3 is 0 Å². The molecule has 140 valence electrons. The predicted octanol–water partition coefficient (Wildman–Crippen LogP) is 7.95. The van der Waals surface area contributed by atoms with E-state index >= 15 is 0 Å². The smallest absolute Gasteiger partial charge is 0.0619 e. The van der Waals surface area contributed by atoms with E-state index in [1.807, 2.05) is 0 Å². The standard InChI is InChI=1S/C29H17Br/c30-19-14-16-23-21-9-3-5-11-25(21)29(27(23)17-19)26-12-6-4-10-22(26)24-15-13-18-7-1-2-8-20(18)28(24)29/h1-17H. The van der Waals surface area contributed by atoms with Crippen LogP contribution in [0.25, 0.3) is 33.0 Å². The Kier molecular flexibility index (Phi) is 3.16. The molecule has 5 aromatic rings. The van der Waals surface area contributed by atoms with Crippen LogP contribution in [0.15, 0.2) is 108 Å². The molecule has 0 radical (unpaired) electrons. The monoisotopic (exact) mass is 444 g/mol. The third kappa shape index (κ3) is 1.83.